The van der Waals surface area contributed by atoms with E-state index in [-0.39, 0.29) is 23.7 Å². The maximum absolute atomic E-state index is 12.1. The minimum Gasteiger partial charge on any atom is -0.455 e. The van der Waals surface area contributed by atoms with E-state index < -0.39 is 16.7 Å². The van der Waals surface area contributed by atoms with E-state index in [0.717, 1.165) is 6.07 Å². The first-order valence-electron chi connectivity index (χ1n) is 9.61. The standard InChI is InChI=1S/C22H16BrN5O6/c23-18-7-2-1-6-17(18)22(30)24-13-21(29)26-25-12-14-4-3-5-16(10-14)34-20-9-8-15(28(32)33)11-19(20)27-31/h1-12H,13H2,(H,24,30)(H,26,29). The molecule has 34 heavy (non-hydrogen) atoms. The zero-order valence-electron chi connectivity index (χ0n) is 17.3. The second kappa shape index (κ2) is 11.4. The molecule has 3 aromatic carbocycles. The first-order valence-corrected chi connectivity index (χ1v) is 10.4. The van der Waals surface area contributed by atoms with Gasteiger partial charge in [-0.3, -0.25) is 19.7 Å². The molecule has 2 N–H and O–H groups in total. The van der Waals surface area contributed by atoms with Crippen molar-refractivity contribution in [1.82, 2.24) is 10.7 Å². The molecule has 0 atom stereocenters. The molecule has 0 aromatic heterocycles. The number of ether oxygens (including phenoxy) is 1. The maximum atomic E-state index is 12.1. The molecule has 0 saturated carbocycles. The number of hydrazone groups is 1. The fraction of sp³-hybridized carbons (Fsp3) is 0.0455. The number of rotatable bonds is 9. The van der Waals surface area contributed by atoms with Gasteiger partial charge in [0.1, 0.15) is 5.75 Å². The first-order chi connectivity index (χ1) is 16.4. The van der Waals surface area contributed by atoms with Crippen molar-refractivity contribution in [2.24, 2.45) is 10.3 Å². The molecule has 0 aliphatic carbocycles. The van der Waals surface area contributed by atoms with Gasteiger partial charge in [-0.1, -0.05) is 24.3 Å². The third-order valence-corrected chi connectivity index (χ3v) is 4.96. The Bertz CT molecular complexity index is 1280. The molecule has 0 aliphatic rings. The van der Waals surface area contributed by atoms with Crippen LogP contribution in [0.25, 0.3) is 0 Å². The molecular formula is C22H16BrN5O6. The quantitative estimate of drug-likeness (QED) is 0.182. The Labute approximate surface area is 201 Å². The van der Waals surface area contributed by atoms with Gasteiger partial charge in [-0.05, 0) is 57.0 Å². The average molecular weight is 526 g/mol. The number of carbonyl (C=O) groups excluding carboxylic acids is 2. The van der Waals surface area contributed by atoms with Crippen molar-refractivity contribution in [3.05, 3.63) is 97.4 Å². The fourth-order valence-electron chi connectivity index (χ4n) is 2.68. The molecule has 2 amide bonds. The van der Waals surface area contributed by atoms with Crippen LogP contribution in [0.2, 0.25) is 0 Å². The molecule has 3 rings (SSSR count). The second-order valence-electron chi connectivity index (χ2n) is 6.63. The van der Waals surface area contributed by atoms with Crippen molar-refractivity contribution in [2.45, 2.75) is 0 Å². The number of non-ortho nitro benzene ring substituents is 1. The molecule has 3 aromatic rings. The average Bonchev–Trinajstić information content (AvgIpc) is 2.83. The second-order valence-corrected chi connectivity index (χ2v) is 7.49. The predicted molar refractivity (Wildman–Crippen MR) is 127 cm³/mol. The van der Waals surface area contributed by atoms with Gasteiger partial charge in [0.05, 0.1) is 23.2 Å². The first kappa shape index (κ1) is 24.2. The summed E-state index contributed by atoms with van der Waals surface area (Å²) < 4.78 is 6.21. The number of carbonyl (C=O) groups is 2. The topological polar surface area (TPSA) is 152 Å². The van der Waals surface area contributed by atoms with Gasteiger partial charge in [0.2, 0.25) is 0 Å². The van der Waals surface area contributed by atoms with Crippen LogP contribution in [0, 0.1) is 15.0 Å². The highest BCUT2D eigenvalue weighted by Crippen LogP contribution is 2.34. The van der Waals surface area contributed by atoms with Crippen LogP contribution < -0.4 is 15.5 Å². The largest absolute Gasteiger partial charge is 0.455 e. The van der Waals surface area contributed by atoms with Crippen molar-refractivity contribution in [2.75, 3.05) is 6.54 Å². The zero-order chi connectivity index (χ0) is 24.5. The Balaban J connectivity index is 1.57. The summed E-state index contributed by atoms with van der Waals surface area (Å²) in [6.45, 7) is -0.276. The van der Waals surface area contributed by atoms with Crippen LogP contribution in [0.1, 0.15) is 15.9 Å². The highest BCUT2D eigenvalue weighted by Gasteiger charge is 2.13. The Morgan fingerprint density at radius 1 is 1.09 bits per heavy atom. The molecule has 0 aliphatic heterocycles. The third kappa shape index (κ3) is 6.53. The summed E-state index contributed by atoms with van der Waals surface area (Å²) >= 11 is 3.27. The summed E-state index contributed by atoms with van der Waals surface area (Å²) in [7, 11) is 0. The highest BCUT2D eigenvalue weighted by molar-refractivity contribution is 9.10. The normalized spacial score (nSPS) is 10.5. The minimum absolute atomic E-state index is 0.0452. The molecule has 0 saturated heterocycles. The van der Waals surface area contributed by atoms with E-state index in [1.165, 1.54) is 18.3 Å². The van der Waals surface area contributed by atoms with Gasteiger partial charge in [0.15, 0.2) is 11.4 Å². The number of benzene rings is 3. The van der Waals surface area contributed by atoms with Crippen LogP contribution in [0.4, 0.5) is 11.4 Å². The lowest BCUT2D eigenvalue weighted by Gasteiger charge is -2.08. The van der Waals surface area contributed by atoms with Crippen molar-refractivity contribution >= 4 is 45.3 Å². The van der Waals surface area contributed by atoms with Crippen LogP contribution in [-0.2, 0) is 4.79 Å². The Kier molecular flexibility index (Phi) is 8.13. The van der Waals surface area contributed by atoms with Crippen molar-refractivity contribution in [3.8, 4) is 11.5 Å². The highest BCUT2D eigenvalue weighted by atomic mass is 79.9. The van der Waals surface area contributed by atoms with Gasteiger partial charge in [0.25, 0.3) is 17.5 Å². The zero-order valence-corrected chi connectivity index (χ0v) is 18.9. The molecule has 172 valence electrons. The SMILES string of the molecule is O=Nc1cc([N+](=O)[O-])ccc1Oc1cccc(C=NNC(=O)CNC(=O)c2ccccc2Br)c1. The molecule has 0 unspecified atom stereocenters. The lowest BCUT2D eigenvalue weighted by molar-refractivity contribution is -0.384. The molecular weight excluding hydrogens is 510 g/mol. The van der Waals surface area contributed by atoms with Crippen molar-refractivity contribution in [3.63, 3.8) is 0 Å². The number of amides is 2. The molecule has 0 fully saturated rings. The predicted octanol–water partition coefficient (Wildman–Crippen LogP) is 4.43. The summed E-state index contributed by atoms with van der Waals surface area (Å²) in [5.41, 5.74) is 2.75. The molecule has 11 nitrogen and oxygen atoms in total. The van der Waals surface area contributed by atoms with Gasteiger partial charge in [-0.15, -0.1) is 4.91 Å². The van der Waals surface area contributed by atoms with Gasteiger partial charge in [-0.2, -0.15) is 5.10 Å². The van der Waals surface area contributed by atoms with Gasteiger partial charge in [-0.25, -0.2) is 5.43 Å². The smallest absolute Gasteiger partial charge is 0.271 e. The Hall–Kier alpha value is -4.45. The Morgan fingerprint density at radius 3 is 2.62 bits per heavy atom. The van der Waals surface area contributed by atoms with Crippen LogP contribution in [-0.4, -0.2) is 29.5 Å². The molecule has 0 heterocycles. The van der Waals surface area contributed by atoms with Crippen LogP contribution >= 0.6 is 15.9 Å². The van der Waals surface area contributed by atoms with Crippen molar-refractivity contribution in [1.29, 1.82) is 0 Å². The number of nitro benzene ring substituents is 1. The number of nitro groups is 1. The molecule has 12 heteroatoms. The number of hydrogen-bond acceptors (Lipinski definition) is 8. The lowest BCUT2D eigenvalue weighted by atomic mass is 10.2. The fourth-order valence-corrected chi connectivity index (χ4v) is 3.15. The van der Waals surface area contributed by atoms with Crippen molar-refractivity contribution < 1.29 is 19.2 Å². The van der Waals surface area contributed by atoms with E-state index in [1.807, 2.05) is 0 Å². The number of halogens is 1. The summed E-state index contributed by atoms with van der Waals surface area (Å²) in [6, 6.07) is 16.8. The molecule has 0 bridgehead atoms. The molecule has 0 radical (unpaired) electrons. The number of nitrogens with zero attached hydrogens (tertiary/aromatic N) is 3. The summed E-state index contributed by atoms with van der Waals surface area (Å²) in [4.78, 5) is 45.3. The minimum atomic E-state index is -0.643. The van der Waals surface area contributed by atoms with E-state index in [0.29, 0.717) is 21.3 Å². The van der Waals surface area contributed by atoms with Gasteiger partial charge in [0, 0.05) is 16.6 Å². The number of nitrogens with one attached hydrogen (secondary N) is 2. The number of hydrogen-bond donors (Lipinski definition) is 2. The van der Waals surface area contributed by atoms with Crippen LogP contribution in [0.15, 0.2) is 81.5 Å². The Morgan fingerprint density at radius 2 is 1.88 bits per heavy atom. The third-order valence-electron chi connectivity index (χ3n) is 4.27. The molecule has 0 spiro atoms. The maximum Gasteiger partial charge on any atom is 0.271 e. The van der Waals surface area contributed by atoms with E-state index in [4.69, 9.17) is 4.74 Å². The van der Waals surface area contributed by atoms with Gasteiger partial charge >= 0.3 is 0 Å². The van der Waals surface area contributed by atoms with E-state index >= 15 is 0 Å². The van der Waals surface area contributed by atoms with E-state index in [9.17, 15) is 24.6 Å². The van der Waals surface area contributed by atoms with Crippen LogP contribution in [0.5, 0.6) is 11.5 Å². The summed E-state index contributed by atoms with van der Waals surface area (Å²) in [5.74, 6) is -0.581. The monoisotopic (exact) mass is 525 g/mol. The summed E-state index contributed by atoms with van der Waals surface area (Å²) in [6.07, 6.45) is 1.36. The van der Waals surface area contributed by atoms with E-state index in [1.54, 1.807) is 48.5 Å². The number of nitroso groups, excluding NO2 is 1. The summed E-state index contributed by atoms with van der Waals surface area (Å²) in [5, 5.41) is 19.9. The van der Waals surface area contributed by atoms with Crippen LogP contribution in [0.3, 0.4) is 0 Å². The van der Waals surface area contributed by atoms with Gasteiger partial charge < -0.3 is 10.1 Å². The lowest BCUT2D eigenvalue weighted by Crippen LogP contribution is -2.35. The van der Waals surface area contributed by atoms with E-state index in [2.05, 4.69) is 37.0 Å².